The van der Waals surface area contributed by atoms with Gasteiger partial charge in [-0.2, -0.15) is 23.5 Å². The molecule has 0 saturated carbocycles. The second kappa shape index (κ2) is 17.7. The molecule has 0 saturated heterocycles. The molecule has 0 fully saturated rings. The fourth-order valence-electron chi connectivity index (χ4n) is 1.79. The number of aldehydes is 4. The van der Waals surface area contributed by atoms with Crippen LogP contribution in [0.4, 0.5) is 0 Å². The SMILES string of the molecule is O=CCN(CC=O)CCSCCCSCCN(CC=O)CC=O. The first kappa shape index (κ1) is 22.3. The molecule has 0 bridgehead atoms. The molecule has 23 heavy (non-hydrogen) atoms. The molecule has 0 aromatic rings. The lowest BCUT2D eigenvalue weighted by molar-refractivity contribution is -0.112. The fourth-order valence-corrected chi connectivity index (χ4v) is 3.85. The number of nitrogens with zero attached hydrogens (tertiary/aromatic N) is 2. The molecular formula is C15H26N2O4S2. The molecular weight excluding hydrogens is 336 g/mol. The van der Waals surface area contributed by atoms with E-state index in [1.807, 2.05) is 33.3 Å². The zero-order valence-electron chi connectivity index (χ0n) is 13.4. The molecule has 0 aliphatic rings. The summed E-state index contributed by atoms with van der Waals surface area (Å²) >= 11 is 3.65. The fraction of sp³-hybridized carbons (Fsp3) is 0.733. The molecule has 0 amide bonds. The zero-order valence-corrected chi connectivity index (χ0v) is 15.1. The molecule has 0 atom stereocenters. The minimum Gasteiger partial charge on any atom is -0.302 e. The first-order chi connectivity index (χ1) is 11.3. The van der Waals surface area contributed by atoms with E-state index in [-0.39, 0.29) is 0 Å². The van der Waals surface area contributed by atoms with Crippen LogP contribution in [-0.4, -0.2) is 97.2 Å². The van der Waals surface area contributed by atoms with Crippen molar-refractivity contribution in [2.24, 2.45) is 0 Å². The predicted molar refractivity (Wildman–Crippen MR) is 96.4 cm³/mol. The molecule has 0 radical (unpaired) electrons. The molecule has 0 heterocycles. The summed E-state index contributed by atoms with van der Waals surface area (Å²) < 4.78 is 0. The van der Waals surface area contributed by atoms with Crippen molar-refractivity contribution in [3.8, 4) is 0 Å². The van der Waals surface area contributed by atoms with Crippen molar-refractivity contribution in [3.05, 3.63) is 0 Å². The Morgan fingerprint density at radius 2 is 0.913 bits per heavy atom. The molecule has 6 nitrogen and oxygen atoms in total. The van der Waals surface area contributed by atoms with Crippen molar-refractivity contribution in [2.75, 3.05) is 62.3 Å². The largest absolute Gasteiger partial charge is 0.302 e. The van der Waals surface area contributed by atoms with Gasteiger partial charge in [0.05, 0.1) is 26.2 Å². The van der Waals surface area contributed by atoms with Gasteiger partial charge < -0.3 is 19.2 Å². The van der Waals surface area contributed by atoms with Crippen molar-refractivity contribution in [1.82, 2.24) is 9.80 Å². The third kappa shape index (κ3) is 14.6. The first-order valence-corrected chi connectivity index (χ1v) is 9.94. The highest BCUT2D eigenvalue weighted by Crippen LogP contribution is 2.08. The normalized spacial score (nSPS) is 10.9. The molecule has 0 rings (SSSR count). The minimum atomic E-state index is 0.313. The Kier molecular flexibility index (Phi) is 17.1. The van der Waals surface area contributed by atoms with Gasteiger partial charge in [-0.1, -0.05) is 0 Å². The van der Waals surface area contributed by atoms with E-state index in [1.54, 1.807) is 0 Å². The number of carbonyl (C=O) groups is 4. The van der Waals surface area contributed by atoms with Crippen molar-refractivity contribution in [2.45, 2.75) is 6.42 Å². The first-order valence-electron chi connectivity index (χ1n) is 7.63. The van der Waals surface area contributed by atoms with Gasteiger partial charge in [-0.05, 0) is 17.9 Å². The number of thioether (sulfide) groups is 2. The Balaban J connectivity index is 3.47. The van der Waals surface area contributed by atoms with E-state index in [2.05, 4.69) is 0 Å². The zero-order chi connectivity index (χ0) is 17.2. The van der Waals surface area contributed by atoms with E-state index in [9.17, 15) is 19.2 Å². The van der Waals surface area contributed by atoms with E-state index < -0.39 is 0 Å². The van der Waals surface area contributed by atoms with Crippen LogP contribution in [0.15, 0.2) is 0 Å². The highest BCUT2D eigenvalue weighted by atomic mass is 32.2. The summed E-state index contributed by atoms with van der Waals surface area (Å²) in [6, 6.07) is 0. The summed E-state index contributed by atoms with van der Waals surface area (Å²) in [7, 11) is 0. The molecule has 0 aliphatic carbocycles. The maximum atomic E-state index is 10.4. The third-order valence-electron chi connectivity index (χ3n) is 3.01. The van der Waals surface area contributed by atoms with Crippen molar-refractivity contribution in [3.63, 3.8) is 0 Å². The summed E-state index contributed by atoms with van der Waals surface area (Å²) in [5.74, 6) is 3.93. The molecule has 0 N–H and O–H groups in total. The Labute approximate surface area is 146 Å². The number of hydrogen-bond acceptors (Lipinski definition) is 8. The standard InChI is InChI=1S/C15H26N2O4S2/c18-8-2-16(3-9-19)6-14-22-12-1-13-23-15-7-17(4-10-20)5-11-21/h8-11H,1-7,12-15H2. The van der Waals surface area contributed by atoms with Gasteiger partial charge in [0, 0.05) is 24.6 Å². The van der Waals surface area contributed by atoms with Gasteiger partial charge in [0.25, 0.3) is 0 Å². The topological polar surface area (TPSA) is 74.8 Å². The van der Waals surface area contributed by atoms with Gasteiger partial charge >= 0.3 is 0 Å². The van der Waals surface area contributed by atoms with E-state index in [0.717, 1.165) is 67.7 Å². The van der Waals surface area contributed by atoms with Gasteiger partial charge in [0.2, 0.25) is 0 Å². The van der Waals surface area contributed by atoms with Gasteiger partial charge in [0.15, 0.2) is 0 Å². The quantitative estimate of drug-likeness (QED) is 0.254. The van der Waals surface area contributed by atoms with Crippen LogP contribution in [0.1, 0.15) is 6.42 Å². The van der Waals surface area contributed by atoms with Crippen LogP contribution in [0.2, 0.25) is 0 Å². The summed E-state index contributed by atoms with van der Waals surface area (Å²) in [4.78, 5) is 45.4. The molecule has 0 aromatic carbocycles. The third-order valence-corrected chi connectivity index (χ3v) is 5.11. The average molecular weight is 363 g/mol. The van der Waals surface area contributed by atoms with Crippen LogP contribution < -0.4 is 0 Å². The highest BCUT2D eigenvalue weighted by Gasteiger charge is 2.04. The van der Waals surface area contributed by atoms with E-state index in [1.165, 1.54) is 0 Å². The molecule has 0 unspecified atom stereocenters. The van der Waals surface area contributed by atoms with Crippen LogP contribution in [0, 0.1) is 0 Å². The smallest absolute Gasteiger partial charge is 0.133 e. The highest BCUT2D eigenvalue weighted by molar-refractivity contribution is 8.00. The molecule has 0 aliphatic heterocycles. The predicted octanol–water partition coefficient (Wildman–Crippen LogP) is 0.243. The summed E-state index contributed by atoms with van der Waals surface area (Å²) in [5, 5.41) is 0. The number of rotatable bonds is 18. The molecule has 0 spiro atoms. The van der Waals surface area contributed by atoms with Crippen molar-refractivity contribution in [1.29, 1.82) is 0 Å². The van der Waals surface area contributed by atoms with Crippen LogP contribution in [-0.2, 0) is 19.2 Å². The van der Waals surface area contributed by atoms with Gasteiger partial charge in [-0.25, -0.2) is 0 Å². The van der Waals surface area contributed by atoms with E-state index in [4.69, 9.17) is 0 Å². The summed E-state index contributed by atoms with van der Waals surface area (Å²) in [6.45, 7) is 2.75. The van der Waals surface area contributed by atoms with E-state index >= 15 is 0 Å². The summed E-state index contributed by atoms with van der Waals surface area (Å²) in [5.41, 5.74) is 0. The monoisotopic (exact) mass is 362 g/mol. The lowest BCUT2D eigenvalue weighted by atomic mass is 10.5. The molecule has 8 heteroatoms. The van der Waals surface area contributed by atoms with Crippen LogP contribution in [0.3, 0.4) is 0 Å². The lowest BCUT2D eigenvalue weighted by Gasteiger charge is -2.16. The second-order valence-electron chi connectivity index (χ2n) is 4.76. The van der Waals surface area contributed by atoms with Crippen molar-refractivity contribution >= 4 is 48.7 Å². The Morgan fingerprint density at radius 3 is 1.22 bits per heavy atom. The Hall–Kier alpha value is -0.700. The van der Waals surface area contributed by atoms with Gasteiger partial charge in [-0.15, -0.1) is 0 Å². The van der Waals surface area contributed by atoms with Gasteiger partial charge in [0.1, 0.15) is 25.1 Å². The average Bonchev–Trinajstić information content (AvgIpc) is 2.54. The number of carbonyl (C=O) groups excluding carboxylic acids is 4. The Morgan fingerprint density at radius 1 is 0.565 bits per heavy atom. The van der Waals surface area contributed by atoms with Crippen LogP contribution >= 0.6 is 23.5 Å². The summed E-state index contributed by atoms with van der Waals surface area (Å²) in [6.07, 6.45) is 4.39. The van der Waals surface area contributed by atoms with Crippen molar-refractivity contribution < 1.29 is 19.2 Å². The minimum absolute atomic E-state index is 0.313. The Bertz CT molecular complexity index is 283. The van der Waals surface area contributed by atoms with E-state index in [0.29, 0.717) is 26.2 Å². The van der Waals surface area contributed by atoms with Crippen LogP contribution in [0.25, 0.3) is 0 Å². The van der Waals surface area contributed by atoms with Gasteiger partial charge in [-0.3, -0.25) is 9.80 Å². The second-order valence-corrected chi connectivity index (χ2v) is 7.21. The maximum Gasteiger partial charge on any atom is 0.133 e. The molecule has 132 valence electrons. The number of hydrogen-bond donors (Lipinski definition) is 0. The van der Waals surface area contributed by atoms with Crippen LogP contribution in [0.5, 0.6) is 0 Å². The lowest BCUT2D eigenvalue weighted by Crippen LogP contribution is -2.30. The molecule has 0 aromatic heterocycles. The maximum absolute atomic E-state index is 10.4.